The number of carbonyl (C=O) groups excluding carboxylic acids is 1. The average molecular weight is 440 g/mol. The predicted octanol–water partition coefficient (Wildman–Crippen LogP) is 5.28. The molecule has 3 N–H and O–H groups in total. The number of rotatable bonds is 5. The minimum atomic E-state index is -0.123. The van der Waals surface area contributed by atoms with E-state index in [0.29, 0.717) is 6.54 Å². The van der Waals surface area contributed by atoms with Crippen molar-refractivity contribution in [3.63, 3.8) is 0 Å². The number of benzene rings is 1. The third kappa shape index (κ3) is 3.74. The number of aryl methyl sites for hydroxylation is 4. The summed E-state index contributed by atoms with van der Waals surface area (Å²) in [5.74, 6) is 0.832. The third-order valence-corrected chi connectivity index (χ3v) is 6.97. The first kappa shape index (κ1) is 21.5. The number of fused-ring (bicyclic) bond motifs is 1. The van der Waals surface area contributed by atoms with Gasteiger partial charge >= 0.3 is 6.03 Å². The first-order chi connectivity index (χ1) is 14.3. The monoisotopic (exact) mass is 439 g/mol. The molecule has 2 bridgehead atoms. The van der Waals surface area contributed by atoms with Gasteiger partial charge in [0.05, 0.1) is 17.1 Å². The Hall–Kier alpha value is -2.73. The number of aromatic nitrogens is 2. The zero-order valence-corrected chi connectivity index (χ0v) is 19.3. The molecule has 3 saturated carbocycles. The number of imidazole rings is 1. The molecule has 1 aromatic carbocycles. The fraction of sp³-hybridized carbons (Fsp3) is 0.417. The smallest absolute Gasteiger partial charge is 0.319 e. The van der Waals surface area contributed by atoms with Crippen molar-refractivity contribution in [2.45, 2.75) is 59.0 Å². The Morgan fingerprint density at radius 3 is 2.45 bits per heavy atom. The van der Waals surface area contributed by atoms with Gasteiger partial charge in [-0.2, -0.15) is 0 Å². The van der Waals surface area contributed by atoms with E-state index in [0.717, 1.165) is 53.6 Å². The van der Waals surface area contributed by atoms with E-state index in [1.165, 1.54) is 16.7 Å². The maximum Gasteiger partial charge on any atom is 0.319 e. The predicted molar refractivity (Wildman–Crippen MR) is 127 cm³/mol. The number of halogens is 1. The lowest BCUT2D eigenvalue weighted by molar-refractivity contribution is -0.0390. The molecule has 3 fully saturated rings. The first-order valence-electron chi connectivity index (χ1n) is 10.7. The van der Waals surface area contributed by atoms with Crippen LogP contribution in [0.2, 0.25) is 0 Å². The molecular weight excluding hydrogens is 410 g/mol. The van der Waals surface area contributed by atoms with Crippen molar-refractivity contribution in [2.24, 2.45) is 5.92 Å². The summed E-state index contributed by atoms with van der Waals surface area (Å²) in [5, 5.41) is 9.78. The molecule has 31 heavy (non-hydrogen) atoms. The molecule has 2 aromatic heterocycles. The van der Waals surface area contributed by atoms with Crippen LogP contribution in [0.3, 0.4) is 0 Å². The highest BCUT2D eigenvalue weighted by molar-refractivity contribution is 5.91. The van der Waals surface area contributed by atoms with Gasteiger partial charge in [0.15, 0.2) is 5.65 Å². The molecule has 0 atom stereocenters. The summed E-state index contributed by atoms with van der Waals surface area (Å²) < 4.78 is 2.05. The molecule has 3 aromatic rings. The van der Waals surface area contributed by atoms with Gasteiger partial charge in [0.25, 0.3) is 0 Å². The van der Waals surface area contributed by atoms with E-state index in [1.807, 2.05) is 19.2 Å². The highest BCUT2D eigenvalue weighted by Gasteiger charge is 2.57. The number of urea groups is 1. The number of pyridine rings is 1. The molecule has 6 rings (SSSR count). The molecule has 0 saturated heterocycles. The van der Waals surface area contributed by atoms with Crippen LogP contribution in [-0.4, -0.2) is 21.0 Å². The Bertz CT molecular complexity index is 1130. The molecule has 0 radical (unpaired) electrons. The van der Waals surface area contributed by atoms with Gasteiger partial charge in [-0.05, 0) is 75.6 Å². The molecule has 2 heterocycles. The summed E-state index contributed by atoms with van der Waals surface area (Å²) in [6, 6.07) is 8.22. The van der Waals surface area contributed by atoms with E-state index in [4.69, 9.17) is 4.98 Å². The van der Waals surface area contributed by atoms with Crippen LogP contribution in [0, 0.1) is 33.6 Å². The summed E-state index contributed by atoms with van der Waals surface area (Å²) in [7, 11) is 0. The molecule has 7 heteroatoms. The molecule has 0 aliphatic heterocycles. The normalized spacial score (nSPS) is 21.0. The van der Waals surface area contributed by atoms with E-state index in [9.17, 15) is 4.79 Å². The molecule has 0 unspecified atom stereocenters. The van der Waals surface area contributed by atoms with Crippen molar-refractivity contribution in [3.8, 4) is 0 Å². The van der Waals surface area contributed by atoms with Crippen molar-refractivity contribution in [2.75, 3.05) is 10.6 Å². The zero-order valence-electron chi connectivity index (χ0n) is 18.5. The van der Waals surface area contributed by atoms with Crippen LogP contribution in [0.25, 0.3) is 5.65 Å². The van der Waals surface area contributed by atoms with Crippen LogP contribution in [0.15, 0.2) is 30.5 Å². The maximum atomic E-state index is 12.6. The van der Waals surface area contributed by atoms with Crippen LogP contribution in [0.4, 0.5) is 16.2 Å². The van der Waals surface area contributed by atoms with E-state index in [1.54, 1.807) is 0 Å². The number of hydrogen-bond acceptors (Lipinski definition) is 3. The van der Waals surface area contributed by atoms with Gasteiger partial charge in [-0.25, -0.2) is 9.78 Å². The summed E-state index contributed by atoms with van der Waals surface area (Å²) in [4.78, 5) is 17.3. The van der Waals surface area contributed by atoms with Crippen LogP contribution in [0.5, 0.6) is 0 Å². The minimum Gasteiger partial charge on any atom is -0.378 e. The largest absolute Gasteiger partial charge is 0.378 e. The minimum absolute atomic E-state index is 0. The molecular formula is C24H30ClN5O. The second-order valence-electron chi connectivity index (χ2n) is 9.18. The van der Waals surface area contributed by atoms with E-state index >= 15 is 0 Å². The molecule has 6 nitrogen and oxygen atoms in total. The van der Waals surface area contributed by atoms with Gasteiger partial charge in [0, 0.05) is 24.0 Å². The second kappa shape index (κ2) is 7.75. The van der Waals surface area contributed by atoms with Gasteiger partial charge in [-0.1, -0.05) is 18.2 Å². The van der Waals surface area contributed by atoms with Crippen molar-refractivity contribution in [3.05, 3.63) is 58.5 Å². The lowest BCUT2D eigenvalue weighted by Crippen LogP contribution is -2.68. The Morgan fingerprint density at radius 2 is 1.84 bits per heavy atom. The number of carbonyl (C=O) groups is 1. The van der Waals surface area contributed by atoms with Gasteiger partial charge in [-0.15, -0.1) is 12.4 Å². The number of nitrogens with one attached hydrogen (secondary N) is 3. The molecule has 2 amide bonds. The highest BCUT2D eigenvalue weighted by atomic mass is 35.5. The van der Waals surface area contributed by atoms with E-state index in [2.05, 4.69) is 59.3 Å². The van der Waals surface area contributed by atoms with Crippen LogP contribution in [0.1, 0.15) is 47.3 Å². The number of nitrogens with zero attached hydrogens (tertiary/aromatic N) is 2. The third-order valence-electron chi connectivity index (χ3n) is 6.97. The van der Waals surface area contributed by atoms with Gasteiger partial charge in [-0.3, -0.25) is 0 Å². The summed E-state index contributed by atoms with van der Waals surface area (Å²) in [6.07, 6.45) is 5.34. The van der Waals surface area contributed by atoms with E-state index in [-0.39, 0.29) is 24.0 Å². The Morgan fingerprint density at radius 1 is 1.16 bits per heavy atom. The Balaban J connectivity index is 0.00000231. The fourth-order valence-corrected chi connectivity index (χ4v) is 4.92. The second-order valence-corrected chi connectivity index (χ2v) is 9.18. The first-order valence-corrected chi connectivity index (χ1v) is 10.7. The lowest BCUT2D eigenvalue weighted by Gasteiger charge is -2.61. The standard InChI is InChI=1S/C24H29N5O.ClH/c1-14-6-5-7-15(2)20(14)12-25-21-8-19(13-29-17(4)16(3)26-22(21)29)27-23(30)28-24-9-18(10-24)11-24;/h5-8,13,18,25H,9-12H2,1-4H3,(H2,27,28,30);1H. The Labute approximate surface area is 189 Å². The van der Waals surface area contributed by atoms with Crippen LogP contribution < -0.4 is 16.0 Å². The summed E-state index contributed by atoms with van der Waals surface area (Å²) in [6.45, 7) is 9.04. The van der Waals surface area contributed by atoms with Crippen molar-refractivity contribution in [1.29, 1.82) is 0 Å². The van der Waals surface area contributed by atoms with Crippen LogP contribution in [-0.2, 0) is 6.54 Å². The van der Waals surface area contributed by atoms with Crippen LogP contribution >= 0.6 is 12.4 Å². The van der Waals surface area contributed by atoms with Crippen molar-refractivity contribution < 1.29 is 4.79 Å². The van der Waals surface area contributed by atoms with Crippen molar-refractivity contribution >= 4 is 35.5 Å². The number of amides is 2. The van der Waals surface area contributed by atoms with Gasteiger partial charge in [0.1, 0.15) is 0 Å². The molecule has 164 valence electrons. The zero-order chi connectivity index (χ0) is 21.0. The summed E-state index contributed by atoms with van der Waals surface area (Å²) in [5.41, 5.74) is 8.49. The van der Waals surface area contributed by atoms with Gasteiger partial charge < -0.3 is 20.4 Å². The Kier molecular flexibility index (Phi) is 5.38. The maximum absolute atomic E-state index is 12.6. The SMILES string of the molecule is Cc1cccc(C)c1CNc1cc(NC(=O)NC23CC(C2)C3)cn2c(C)c(C)nc12.Cl. The van der Waals surface area contributed by atoms with E-state index < -0.39 is 0 Å². The molecule has 3 aliphatic rings. The number of hydrogen-bond donors (Lipinski definition) is 3. The molecule has 3 aliphatic carbocycles. The fourth-order valence-electron chi connectivity index (χ4n) is 4.92. The molecule has 0 spiro atoms. The van der Waals surface area contributed by atoms with Crippen molar-refractivity contribution in [1.82, 2.24) is 14.7 Å². The average Bonchev–Trinajstić information content (AvgIpc) is 2.92. The lowest BCUT2D eigenvalue weighted by atomic mass is 9.50. The number of anilines is 2. The quantitative estimate of drug-likeness (QED) is 0.506. The highest BCUT2D eigenvalue weighted by Crippen LogP contribution is 2.56. The van der Waals surface area contributed by atoms with Gasteiger partial charge in [0.2, 0.25) is 0 Å². The summed E-state index contributed by atoms with van der Waals surface area (Å²) >= 11 is 0. The topological polar surface area (TPSA) is 70.5 Å².